The number of benzene rings is 1. The number of carbonyl (C=O) groups is 7. The molecule has 2 unspecified atom stereocenters. The Hall–Kier alpha value is -6.13. The smallest absolute Gasteiger partial charge is 0.352 e. The highest BCUT2D eigenvalue weighted by Gasteiger charge is 2.55. The third kappa shape index (κ3) is 9.15. The summed E-state index contributed by atoms with van der Waals surface area (Å²) in [6, 6.07) is -0.525. The summed E-state index contributed by atoms with van der Waals surface area (Å²) in [5.74, 6) is -7.87. The van der Waals surface area contributed by atoms with Crippen LogP contribution in [0.25, 0.3) is 10.9 Å². The number of amides is 2. The number of anilines is 1. The highest BCUT2D eigenvalue weighted by atomic mass is 32.2. The fourth-order valence-corrected chi connectivity index (χ4v) is 7.67. The molecule has 7 N–H and O–H groups in total. The number of Topliss-reactive ketones (excluding diaryl/α,β-unsaturated/α-hetero) is 1. The number of fused-ring (bicyclic) bond motifs is 2. The first-order valence-electron chi connectivity index (χ1n) is 18.6. The number of aliphatic carboxylic acids is 2. The number of esters is 2. The Kier molecular flexibility index (Phi) is 12.6. The van der Waals surface area contributed by atoms with Gasteiger partial charge in [0.05, 0.1) is 33.3 Å². The average Bonchev–Trinajstić information content (AvgIpc) is 3.60. The van der Waals surface area contributed by atoms with Gasteiger partial charge in [0.25, 0.3) is 11.8 Å². The van der Waals surface area contributed by atoms with Crippen LogP contribution in [0.3, 0.4) is 0 Å². The van der Waals surface area contributed by atoms with E-state index < -0.39 is 97.8 Å². The molecular weight excluding hydrogens is 839 g/mol. The molecule has 1 fully saturated rings. The number of carbonyl (C=O) groups excluding carboxylic acids is 5. The summed E-state index contributed by atoms with van der Waals surface area (Å²) in [7, 11) is 0. The number of ketones is 1. The van der Waals surface area contributed by atoms with E-state index in [2.05, 4.69) is 15.5 Å². The van der Waals surface area contributed by atoms with E-state index in [1.54, 1.807) is 48.5 Å². The fourth-order valence-electron chi connectivity index (χ4n) is 5.72. The first kappa shape index (κ1) is 45.9. The van der Waals surface area contributed by atoms with Gasteiger partial charge in [-0.15, -0.1) is 23.1 Å². The number of nitrogen functional groups attached to an aromatic ring is 1. The Labute approximate surface area is 356 Å². The summed E-state index contributed by atoms with van der Waals surface area (Å²) in [6.45, 7) is 14.0. The van der Waals surface area contributed by atoms with Crippen molar-refractivity contribution in [2.24, 2.45) is 21.7 Å². The Morgan fingerprint density at radius 1 is 0.984 bits per heavy atom. The molecule has 0 aliphatic carbocycles. The molecule has 4 heterocycles. The number of nitrogens with two attached hydrogens (primary N) is 2. The van der Waals surface area contributed by atoms with E-state index in [0.29, 0.717) is 0 Å². The quantitative estimate of drug-likeness (QED) is 0.0411. The van der Waals surface area contributed by atoms with Crippen molar-refractivity contribution in [2.75, 3.05) is 11.5 Å². The molecule has 61 heavy (non-hydrogen) atoms. The minimum atomic E-state index is -1.87. The molecule has 22 heteroatoms. The SMILES string of the molecule is CCn1cc(C(=O)C(N)C2=C(C(=O)O)N3C(=O)C(NC(=O)/C(=N\OC(C)(C)C(=O)O)c4csc(N)n4)[C@H]3SC2)c(=O)c2cc(OC(=O)C(C)(C)C)c(OC(=O)C(C)(C)C)cc21. The topological polar surface area (TPSA) is 302 Å². The number of carboxylic acid groups (broad SMARTS) is 2. The predicted octanol–water partition coefficient (Wildman–Crippen LogP) is 2.50. The van der Waals surface area contributed by atoms with E-state index in [0.717, 1.165) is 28.0 Å². The van der Waals surface area contributed by atoms with Gasteiger partial charge in [0, 0.05) is 29.9 Å². The lowest BCUT2D eigenvalue weighted by atomic mass is 9.94. The molecule has 0 saturated carbocycles. The molecule has 20 nitrogen and oxygen atoms in total. The number of thioether (sulfide) groups is 1. The zero-order valence-electron chi connectivity index (χ0n) is 34.6. The Bertz CT molecular complexity index is 2510. The van der Waals surface area contributed by atoms with Crippen LogP contribution in [0.1, 0.15) is 78.4 Å². The maximum absolute atomic E-state index is 14.2. The number of ether oxygens (including phenoxy) is 2. The van der Waals surface area contributed by atoms with Gasteiger partial charge in [-0.3, -0.25) is 33.7 Å². The van der Waals surface area contributed by atoms with Crippen molar-refractivity contribution in [3.63, 3.8) is 0 Å². The van der Waals surface area contributed by atoms with Gasteiger partial charge in [-0.1, -0.05) is 5.16 Å². The molecule has 0 spiro atoms. The van der Waals surface area contributed by atoms with Gasteiger partial charge < -0.3 is 45.9 Å². The van der Waals surface area contributed by atoms with Gasteiger partial charge in [0.15, 0.2) is 33.6 Å². The highest BCUT2D eigenvalue weighted by molar-refractivity contribution is 8.00. The lowest BCUT2D eigenvalue weighted by Crippen LogP contribution is -2.71. The number of nitrogens with zero attached hydrogens (tertiary/aromatic N) is 4. The average molecular weight is 884 g/mol. The van der Waals surface area contributed by atoms with Gasteiger partial charge in [0.2, 0.25) is 5.60 Å². The molecule has 2 amide bonds. The number of carboxylic acids is 2. The predicted molar refractivity (Wildman–Crippen MR) is 222 cm³/mol. The second-order valence-electron chi connectivity index (χ2n) is 16.6. The molecule has 1 aromatic carbocycles. The number of aryl methyl sites for hydroxylation is 1. The van der Waals surface area contributed by atoms with E-state index in [1.807, 2.05) is 0 Å². The van der Waals surface area contributed by atoms with Crippen LogP contribution in [0.15, 0.2) is 44.9 Å². The number of oxime groups is 1. The first-order chi connectivity index (χ1) is 28.2. The third-order valence-corrected chi connectivity index (χ3v) is 11.4. The van der Waals surface area contributed by atoms with Crippen molar-refractivity contribution in [3.05, 3.63) is 56.5 Å². The summed E-state index contributed by atoms with van der Waals surface area (Å²) in [5.41, 5.74) is 5.88. The lowest BCUT2D eigenvalue weighted by molar-refractivity contribution is -0.161. The van der Waals surface area contributed by atoms with Crippen LogP contribution < -0.4 is 31.7 Å². The molecule has 2 aliphatic heterocycles. The van der Waals surface area contributed by atoms with Crippen LogP contribution in [0.5, 0.6) is 11.5 Å². The number of nitrogens with one attached hydrogen (secondary N) is 1. The van der Waals surface area contributed by atoms with Crippen molar-refractivity contribution < 1.29 is 58.1 Å². The van der Waals surface area contributed by atoms with Crippen molar-refractivity contribution in [1.82, 2.24) is 19.8 Å². The summed E-state index contributed by atoms with van der Waals surface area (Å²) < 4.78 is 12.8. The second kappa shape index (κ2) is 16.7. The molecule has 3 atom stereocenters. The number of hydrogen-bond acceptors (Lipinski definition) is 17. The standard InChI is InChI=1S/C39H45N7O13S2/c1-10-45-13-17(27(47)16-11-21(57-34(55)37(2,3)4)22(12-20(16)45)58-35(56)38(5,6)7)28(48)23(40)18-14-60-31-25(30(50)46(31)26(18)32(51)52)43-29(49)24(19-15-61-36(41)42-19)44-59-39(8,9)33(53)54/h11-13,15,23,25,31H,10,14,40H2,1-9H3,(H2,41,42)(H,43,49)(H,51,52)(H,53,54)/b44-24-/t23?,25?,31-/m1/s1. The number of hydrogen-bond donors (Lipinski definition) is 5. The van der Waals surface area contributed by atoms with Crippen molar-refractivity contribution in [3.8, 4) is 11.5 Å². The lowest BCUT2D eigenvalue weighted by Gasteiger charge is -2.49. The van der Waals surface area contributed by atoms with Crippen LogP contribution >= 0.6 is 23.1 Å². The number of β-lactam (4-membered cyclic amide) rings is 1. The number of pyridine rings is 1. The van der Waals surface area contributed by atoms with Gasteiger partial charge in [-0.25, -0.2) is 14.6 Å². The Morgan fingerprint density at radius 3 is 2.08 bits per heavy atom. The Morgan fingerprint density at radius 2 is 1.57 bits per heavy atom. The van der Waals surface area contributed by atoms with Crippen LogP contribution in [-0.2, 0) is 40.1 Å². The summed E-state index contributed by atoms with van der Waals surface area (Å²) >= 11 is 1.94. The van der Waals surface area contributed by atoms with Crippen LogP contribution in [0.4, 0.5) is 5.13 Å². The number of rotatable bonds is 13. The summed E-state index contributed by atoms with van der Waals surface area (Å²) in [5, 5.41) is 26.3. The van der Waals surface area contributed by atoms with Gasteiger partial charge in [-0.05, 0) is 74.0 Å². The van der Waals surface area contributed by atoms with Crippen LogP contribution in [0, 0.1) is 10.8 Å². The number of aromatic nitrogens is 2. The molecular formula is C39H45N7O13S2. The number of thiazole rings is 1. The van der Waals surface area contributed by atoms with Crippen molar-refractivity contribution in [1.29, 1.82) is 0 Å². The molecule has 0 bridgehead atoms. The molecule has 2 aliphatic rings. The largest absolute Gasteiger partial charge is 0.478 e. The van der Waals surface area contributed by atoms with E-state index in [1.165, 1.54) is 42.1 Å². The van der Waals surface area contributed by atoms with E-state index >= 15 is 0 Å². The molecule has 3 aromatic rings. The second-order valence-corrected chi connectivity index (χ2v) is 18.5. The van der Waals surface area contributed by atoms with Gasteiger partial charge >= 0.3 is 23.9 Å². The Balaban J connectivity index is 1.49. The normalized spacial score (nSPS) is 17.6. The van der Waals surface area contributed by atoms with E-state index in [-0.39, 0.29) is 51.1 Å². The maximum Gasteiger partial charge on any atom is 0.352 e. The summed E-state index contributed by atoms with van der Waals surface area (Å²) in [4.78, 5) is 116. The first-order valence-corrected chi connectivity index (χ1v) is 20.5. The summed E-state index contributed by atoms with van der Waals surface area (Å²) in [6.07, 6.45) is 1.24. The van der Waals surface area contributed by atoms with Gasteiger partial charge in [0.1, 0.15) is 22.8 Å². The minimum Gasteiger partial charge on any atom is -0.478 e. The molecule has 326 valence electrons. The highest BCUT2D eigenvalue weighted by Crippen LogP contribution is 2.42. The van der Waals surface area contributed by atoms with Crippen LogP contribution in [0.2, 0.25) is 0 Å². The van der Waals surface area contributed by atoms with Crippen molar-refractivity contribution >= 4 is 86.3 Å². The zero-order chi connectivity index (χ0) is 45.7. The maximum atomic E-state index is 14.2. The third-order valence-electron chi connectivity index (χ3n) is 9.39. The van der Waals surface area contributed by atoms with Gasteiger partial charge in [-0.2, -0.15) is 0 Å². The van der Waals surface area contributed by atoms with Crippen LogP contribution in [-0.4, -0.2) is 101 Å². The molecule has 5 rings (SSSR count). The minimum absolute atomic E-state index is 0.0491. The molecule has 0 radical (unpaired) electrons. The fraction of sp³-hybridized carbons (Fsp3) is 0.436. The van der Waals surface area contributed by atoms with E-state index in [9.17, 15) is 48.6 Å². The molecule has 2 aromatic heterocycles. The monoisotopic (exact) mass is 883 g/mol. The molecule has 1 saturated heterocycles. The van der Waals surface area contributed by atoms with Crippen molar-refractivity contribution in [2.45, 2.75) is 91.9 Å². The van der Waals surface area contributed by atoms with E-state index in [4.69, 9.17) is 25.8 Å². The zero-order valence-corrected chi connectivity index (χ0v) is 36.2.